The van der Waals surface area contributed by atoms with E-state index in [1.54, 1.807) is 7.11 Å². The van der Waals surface area contributed by atoms with Crippen LogP contribution in [0.1, 0.15) is 25.3 Å². The summed E-state index contributed by atoms with van der Waals surface area (Å²) in [6.07, 6.45) is -0.650. The molecule has 0 atom stereocenters. The Bertz CT molecular complexity index is 1320. The molecule has 0 radical (unpaired) electrons. The second kappa shape index (κ2) is 11.6. The van der Waals surface area contributed by atoms with Gasteiger partial charge in [0, 0.05) is 18.3 Å². The van der Waals surface area contributed by atoms with Gasteiger partial charge in [-0.15, -0.1) is 0 Å². The monoisotopic (exact) mass is 499 g/mol. The number of fused-ring (bicyclic) bond motifs is 1. The lowest BCUT2D eigenvalue weighted by molar-refractivity contribution is -0.192. The van der Waals surface area contributed by atoms with Gasteiger partial charge >= 0.3 is 12.1 Å². The molecule has 0 aliphatic rings. The molecule has 0 saturated carbocycles. The number of methoxy groups -OCH3 is 1. The van der Waals surface area contributed by atoms with Gasteiger partial charge in [0.2, 0.25) is 0 Å². The van der Waals surface area contributed by atoms with Crippen LogP contribution in [0.25, 0.3) is 28.0 Å². The van der Waals surface area contributed by atoms with Crippen LogP contribution >= 0.6 is 0 Å². The Hall–Kier alpha value is -4.01. The van der Waals surface area contributed by atoms with E-state index in [1.165, 1.54) is 5.56 Å². The van der Waals surface area contributed by atoms with Gasteiger partial charge in [-0.05, 0) is 54.3 Å². The zero-order valence-corrected chi connectivity index (χ0v) is 20.3. The Morgan fingerprint density at radius 3 is 2.33 bits per heavy atom. The van der Waals surface area contributed by atoms with Gasteiger partial charge in [-0.1, -0.05) is 49.7 Å². The second-order valence-electron chi connectivity index (χ2n) is 8.14. The first-order chi connectivity index (χ1) is 17.1. The van der Waals surface area contributed by atoms with Crippen LogP contribution in [-0.4, -0.2) is 40.3 Å². The van der Waals surface area contributed by atoms with Crippen molar-refractivity contribution in [3.8, 4) is 28.1 Å². The number of aliphatic carboxylic acids is 1. The number of aryl methyl sites for hydroxylation is 1. The predicted octanol–water partition coefficient (Wildman–Crippen LogP) is 6.83. The van der Waals surface area contributed by atoms with Crippen molar-refractivity contribution in [1.29, 1.82) is 0 Å². The molecule has 6 nitrogen and oxygen atoms in total. The maximum absolute atomic E-state index is 10.6. The number of anilines is 1. The number of aromatic nitrogens is 2. The average Bonchev–Trinajstić information content (AvgIpc) is 3.22. The average molecular weight is 500 g/mol. The predicted molar refractivity (Wildman–Crippen MR) is 134 cm³/mol. The minimum absolute atomic E-state index is 0.864. The Morgan fingerprint density at radius 2 is 1.72 bits per heavy atom. The standard InChI is InChI=1S/C25H27N3O.C2HF3O2/c1-4-5-15-26-25-24(27-23-14-9-18(2)17-28(23)25)21-8-6-7-20(16-21)19-10-12-22(29-3)13-11-19;3-2(4,5)1(6)7/h6-14,16-17,26H,4-5,15H2,1-3H3;(H,6,7). The smallest absolute Gasteiger partial charge is 0.490 e. The molecule has 0 spiro atoms. The molecule has 2 aromatic carbocycles. The number of nitrogens with one attached hydrogen (secondary N) is 1. The van der Waals surface area contributed by atoms with Crippen molar-refractivity contribution in [2.45, 2.75) is 32.9 Å². The molecule has 190 valence electrons. The third-order valence-corrected chi connectivity index (χ3v) is 5.39. The van der Waals surface area contributed by atoms with E-state index < -0.39 is 12.1 Å². The molecule has 4 rings (SSSR count). The fourth-order valence-corrected chi connectivity index (χ4v) is 3.53. The maximum Gasteiger partial charge on any atom is 0.490 e. The highest BCUT2D eigenvalue weighted by Gasteiger charge is 2.38. The van der Waals surface area contributed by atoms with Crippen molar-refractivity contribution >= 4 is 17.4 Å². The molecule has 0 amide bonds. The molecule has 4 aromatic rings. The number of carboxylic acid groups (broad SMARTS) is 1. The molecule has 2 N–H and O–H groups in total. The summed E-state index contributed by atoms with van der Waals surface area (Å²) in [4.78, 5) is 13.8. The summed E-state index contributed by atoms with van der Waals surface area (Å²) in [6.45, 7) is 5.25. The van der Waals surface area contributed by atoms with Gasteiger partial charge in [0.05, 0.1) is 7.11 Å². The van der Waals surface area contributed by atoms with Crippen LogP contribution in [-0.2, 0) is 4.79 Å². The first-order valence-corrected chi connectivity index (χ1v) is 11.4. The molecule has 2 aromatic heterocycles. The summed E-state index contributed by atoms with van der Waals surface area (Å²) < 4.78 is 39.2. The zero-order chi connectivity index (χ0) is 26.3. The Kier molecular flexibility index (Phi) is 8.58. The molecule has 36 heavy (non-hydrogen) atoms. The van der Waals surface area contributed by atoms with Gasteiger partial charge in [-0.3, -0.25) is 4.40 Å². The van der Waals surface area contributed by atoms with E-state index in [2.05, 4.69) is 78.3 Å². The second-order valence-corrected chi connectivity index (χ2v) is 8.14. The lowest BCUT2D eigenvalue weighted by Gasteiger charge is -2.10. The highest BCUT2D eigenvalue weighted by Crippen LogP contribution is 2.32. The minimum atomic E-state index is -5.08. The van der Waals surface area contributed by atoms with E-state index in [4.69, 9.17) is 19.6 Å². The highest BCUT2D eigenvalue weighted by atomic mass is 19.4. The van der Waals surface area contributed by atoms with E-state index in [0.717, 1.165) is 59.0 Å². The molecule has 0 bridgehead atoms. The van der Waals surface area contributed by atoms with Crippen LogP contribution < -0.4 is 10.1 Å². The minimum Gasteiger partial charge on any atom is -0.497 e. The van der Waals surface area contributed by atoms with Crippen molar-refractivity contribution in [3.63, 3.8) is 0 Å². The molecular weight excluding hydrogens is 471 g/mol. The van der Waals surface area contributed by atoms with Crippen molar-refractivity contribution in [2.75, 3.05) is 19.0 Å². The van der Waals surface area contributed by atoms with Crippen molar-refractivity contribution < 1.29 is 27.8 Å². The third kappa shape index (κ3) is 6.56. The van der Waals surface area contributed by atoms with Crippen LogP contribution in [0.15, 0.2) is 66.9 Å². The number of hydrogen-bond acceptors (Lipinski definition) is 4. The summed E-state index contributed by atoms with van der Waals surface area (Å²) in [7, 11) is 1.69. The van der Waals surface area contributed by atoms with Crippen LogP contribution in [0, 0.1) is 6.92 Å². The Labute approximate surface area is 207 Å². The molecule has 0 fully saturated rings. The van der Waals surface area contributed by atoms with Crippen LogP contribution in [0.2, 0.25) is 0 Å². The number of nitrogens with zero attached hydrogens (tertiary/aromatic N) is 2. The maximum atomic E-state index is 10.6. The number of rotatable bonds is 7. The number of carboxylic acids is 1. The van der Waals surface area contributed by atoms with Crippen molar-refractivity contribution in [1.82, 2.24) is 9.38 Å². The van der Waals surface area contributed by atoms with Crippen molar-refractivity contribution in [3.05, 3.63) is 72.4 Å². The van der Waals surface area contributed by atoms with Gasteiger partial charge in [-0.2, -0.15) is 13.2 Å². The van der Waals surface area contributed by atoms with Gasteiger partial charge < -0.3 is 15.2 Å². The number of alkyl halides is 3. The number of hydrogen-bond donors (Lipinski definition) is 2. The van der Waals surface area contributed by atoms with Crippen LogP contribution in [0.4, 0.5) is 19.0 Å². The van der Waals surface area contributed by atoms with Gasteiger partial charge in [0.1, 0.15) is 22.9 Å². The number of unbranched alkanes of at least 4 members (excludes halogenated alkanes) is 1. The topological polar surface area (TPSA) is 75.9 Å². The number of pyridine rings is 1. The summed E-state index contributed by atoms with van der Waals surface area (Å²) in [5.41, 5.74) is 6.60. The van der Waals surface area contributed by atoms with E-state index in [0.29, 0.717) is 0 Å². The lowest BCUT2D eigenvalue weighted by atomic mass is 10.0. The van der Waals surface area contributed by atoms with E-state index in [-0.39, 0.29) is 0 Å². The normalized spacial score (nSPS) is 11.1. The summed E-state index contributed by atoms with van der Waals surface area (Å²) in [5.74, 6) is -0.834. The van der Waals surface area contributed by atoms with Gasteiger partial charge in [0.15, 0.2) is 0 Å². The molecule has 0 saturated heterocycles. The third-order valence-electron chi connectivity index (χ3n) is 5.39. The molecule has 0 unspecified atom stereocenters. The fraction of sp³-hybridized carbons (Fsp3) is 0.259. The fourth-order valence-electron chi connectivity index (χ4n) is 3.53. The Morgan fingerprint density at radius 1 is 1.06 bits per heavy atom. The largest absolute Gasteiger partial charge is 0.497 e. The van der Waals surface area contributed by atoms with Crippen LogP contribution in [0.3, 0.4) is 0 Å². The quantitative estimate of drug-likeness (QED) is 0.273. The molecular formula is C27H28F3N3O3. The van der Waals surface area contributed by atoms with Gasteiger partial charge in [0.25, 0.3) is 0 Å². The summed E-state index contributed by atoms with van der Waals surface area (Å²) >= 11 is 0. The molecule has 0 aliphatic carbocycles. The van der Waals surface area contributed by atoms with Gasteiger partial charge in [-0.25, -0.2) is 9.78 Å². The summed E-state index contributed by atoms with van der Waals surface area (Å²) in [6, 6.07) is 20.9. The first-order valence-electron chi connectivity index (χ1n) is 11.4. The number of benzene rings is 2. The highest BCUT2D eigenvalue weighted by molar-refractivity contribution is 5.80. The van der Waals surface area contributed by atoms with E-state index in [9.17, 15) is 13.2 Å². The van der Waals surface area contributed by atoms with E-state index >= 15 is 0 Å². The zero-order valence-electron chi connectivity index (χ0n) is 20.3. The van der Waals surface area contributed by atoms with Crippen molar-refractivity contribution in [2.24, 2.45) is 0 Å². The SMILES string of the molecule is CCCCNc1c(-c2cccc(-c3ccc(OC)cc3)c2)nc2ccc(C)cn12.O=C(O)C(F)(F)F. The Balaban J connectivity index is 0.000000454. The molecule has 2 heterocycles. The molecule has 0 aliphatic heterocycles. The number of imidazole rings is 1. The van der Waals surface area contributed by atoms with Crippen LogP contribution in [0.5, 0.6) is 5.75 Å². The number of carbonyl (C=O) groups is 1. The lowest BCUT2D eigenvalue weighted by Crippen LogP contribution is -2.21. The first kappa shape index (κ1) is 26.6. The van der Waals surface area contributed by atoms with E-state index in [1.807, 2.05) is 12.1 Å². The number of halogens is 3. The number of ether oxygens (including phenoxy) is 1. The molecule has 9 heteroatoms. The summed E-state index contributed by atoms with van der Waals surface area (Å²) in [5, 5.41) is 10.7.